The first kappa shape index (κ1) is 10.4. The molecule has 0 bridgehead atoms. The summed E-state index contributed by atoms with van der Waals surface area (Å²) < 4.78 is 1.72. The Morgan fingerprint density at radius 1 is 1.27 bits per heavy atom. The molecule has 1 aliphatic rings. The number of rotatable bonds is 3. The molecule has 1 aromatic rings. The van der Waals surface area contributed by atoms with E-state index in [1.54, 1.807) is 4.68 Å². The maximum absolute atomic E-state index is 5.64. The van der Waals surface area contributed by atoms with Crippen molar-refractivity contribution >= 4 is 5.95 Å². The first-order valence-electron chi connectivity index (χ1n) is 5.81. The summed E-state index contributed by atoms with van der Waals surface area (Å²) in [6, 6.07) is 0. The van der Waals surface area contributed by atoms with Gasteiger partial charge in [-0.1, -0.05) is 31.3 Å². The Morgan fingerprint density at radius 3 is 2.47 bits per heavy atom. The van der Waals surface area contributed by atoms with Gasteiger partial charge in [-0.3, -0.25) is 0 Å². The summed E-state index contributed by atoms with van der Waals surface area (Å²) in [5, 5.41) is 11.1. The fourth-order valence-electron chi connectivity index (χ4n) is 2.41. The molecule has 0 saturated heterocycles. The molecule has 1 saturated carbocycles. The zero-order chi connectivity index (χ0) is 10.7. The molecule has 5 heteroatoms. The molecule has 15 heavy (non-hydrogen) atoms. The topological polar surface area (TPSA) is 69.6 Å². The highest BCUT2D eigenvalue weighted by atomic mass is 15.6. The number of anilines is 1. The highest BCUT2D eigenvalue weighted by Gasteiger charge is 2.21. The zero-order valence-corrected chi connectivity index (χ0v) is 9.26. The van der Waals surface area contributed by atoms with Crippen LogP contribution in [0.25, 0.3) is 0 Å². The molecule has 0 aliphatic heterocycles. The van der Waals surface area contributed by atoms with Gasteiger partial charge in [-0.25, -0.2) is 4.68 Å². The molecule has 0 unspecified atom stereocenters. The van der Waals surface area contributed by atoms with E-state index in [1.165, 1.54) is 32.1 Å². The molecule has 1 aliphatic carbocycles. The minimum atomic E-state index is 0.438. The lowest BCUT2D eigenvalue weighted by atomic mass is 9.81. The van der Waals surface area contributed by atoms with Crippen molar-refractivity contribution in [3.63, 3.8) is 0 Å². The second-order valence-corrected chi connectivity index (χ2v) is 4.51. The van der Waals surface area contributed by atoms with E-state index < -0.39 is 0 Å². The lowest BCUT2D eigenvalue weighted by Crippen LogP contribution is -2.20. The Kier molecular flexibility index (Phi) is 3.18. The van der Waals surface area contributed by atoms with Crippen molar-refractivity contribution in [3.8, 4) is 0 Å². The number of nitrogens with zero attached hydrogens (tertiary/aromatic N) is 4. The molecule has 0 radical (unpaired) electrons. The molecular weight excluding hydrogens is 190 g/mol. The summed E-state index contributed by atoms with van der Waals surface area (Å²) >= 11 is 0. The van der Waals surface area contributed by atoms with E-state index in [2.05, 4.69) is 22.4 Å². The molecule has 2 N–H and O–H groups in total. The fourth-order valence-corrected chi connectivity index (χ4v) is 2.41. The van der Waals surface area contributed by atoms with E-state index in [9.17, 15) is 0 Å². The third-order valence-corrected chi connectivity index (χ3v) is 3.53. The van der Waals surface area contributed by atoms with Crippen LogP contribution in [0.1, 0.15) is 39.0 Å². The lowest BCUT2D eigenvalue weighted by molar-refractivity contribution is 0.242. The summed E-state index contributed by atoms with van der Waals surface area (Å²) in [6.07, 6.45) is 6.60. The van der Waals surface area contributed by atoms with Crippen molar-refractivity contribution in [2.45, 2.75) is 45.6 Å². The van der Waals surface area contributed by atoms with Gasteiger partial charge >= 0.3 is 0 Å². The third kappa shape index (κ3) is 2.46. The van der Waals surface area contributed by atoms with Gasteiger partial charge in [0.25, 0.3) is 0 Å². The molecule has 5 nitrogen and oxygen atoms in total. The molecule has 0 atom stereocenters. The monoisotopic (exact) mass is 209 g/mol. The van der Waals surface area contributed by atoms with Gasteiger partial charge in [-0.05, 0) is 35.1 Å². The van der Waals surface area contributed by atoms with Crippen LogP contribution in [-0.2, 0) is 6.54 Å². The van der Waals surface area contributed by atoms with Gasteiger partial charge in [0.15, 0.2) is 0 Å². The summed E-state index contributed by atoms with van der Waals surface area (Å²) in [5.74, 6) is 2.08. The number of aromatic nitrogens is 4. The molecule has 2 rings (SSSR count). The average Bonchev–Trinajstić information content (AvgIpc) is 2.66. The van der Waals surface area contributed by atoms with Gasteiger partial charge in [0.1, 0.15) is 0 Å². The molecule has 1 fully saturated rings. The maximum Gasteiger partial charge on any atom is 0.240 e. The highest BCUT2D eigenvalue weighted by molar-refractivity contribution is 5.09. The second-order valence-electron chi connectivity index (χ2n) is 4.51. The van der Waals surface area contributed by atoms with Crippen LogP contribution in [0.2, 0.25) is 0 Å². The van der Waals surface area contributed by atoms with Crippen LogP contribution in [0, 0.1) is 11.8 Å². The average molecular weight is 209 g/mol. The van der Waals surface area contributed by atoms with Crippen molar-refractivity contribution in [2.75, 3.05) is 5.73 Å². The Morgan fingerprint density at radius 2 is 1.93 bits per heavy atom. The van der Waals surface area contributed by atoms with E-state index in [4.69, 9.17) is 5.73 Å². The molecule has 1 heterocycles. The van der Waals surface area contributed by atoms with Crippen LogP contribution >= 0.6 is 0 Å². The second kappa shape index (κ2) is 4.59. The largest absolute Gasteiger partial charge is 0.367 e. The molecule has 1 aromatic heterocycles. The van der Waals surface area contributed by atoms with E-state index in [-0.39, 0.29) is 0 Å². The Bertz CT molecular complexity index is 301. The van der Waals surface area contributed by atoms with Gasteiger partial charge in [0.2, 0.25) is 5.95 Å². The van der Waals surface area contributed by atoms with Crippen LogP contribution in [0.5, 0.6) is 0 Å². The maximum atomic E-state index is 5.64. The highest BCUT2D eigenvalue weighted by Crippen LogP contribution is 2.31. The molecule has 0 amide bonds. The van der Waals surface area contributed by atoms with E-state index in [1.807, 2.05) is 0 Å². The van der Waals surface area contributed by atoms with Crippen molar-refractivity contribution in [3.05, 3.63) is 0 Å². The number of tetrazole rings is 1. The Labute approximate surface area is 90.0 Å². The summed E-state index contributed by atoms with van der Waals surface area (Å²) in [6.45, 7) is 3.17. The van der Waals surface area contributed by atoms with E-state index in [0.717, 1.165) is 12.5 Å². The number of hydrogen-bond donors (Lipinski definition) is 1. The molecule has 84 valence electrons. The SMILES string of the molecule is CCC1CCC(Cn2nnnc2N)CC1. The minimum Gasteiger partial charge on any atom is -0.367 e. The minimum absolute atomic E-state index is 0.438. The molecular formula is C10H19N5. The van der Waals surface area contributed by atoms with Crippen molar-refractivity contribution in [1.29, 1.82) is 0 Å². The van der Waals surface area contributed by atoms with Crippen LogP contribution in [0.4, 0.5) is 5.95 Å². The van der Waals surface area contributed by atoms with Crippen LogP contribution in [-0.4, -0.2) is 20.2 Å². The van der Waals surface area contributed by atoms with Gasteiger partial charge in [-0.15, -0.1) is 0 Å². The lowest BCUT2D eigenvalue weighted by Gasteiger charge is -2.27. The van der Waals surface area contributed by atoms with Gasteiger partial charge in [0, 0.05) is 6.54 Å². The number of hydrogen-bond acceptors (Lipinski definition) is 4. The normalized spacial score (nSPS) is 26.7. The molecule has 0 spiro atoms. The Balaban J connectivity index is 1.85. The summed E-state index contributed by atoms with van der Waals surface area (Å²) in [4.78, 5) is 0. The van der Waals surface area contributed by atoms with Gasteiger partial charge in [-0.2, -0.15) is 0 Å². The first-order valence-corrected chi connectivity index (χ1v) is 5.81. The van der Waals surface area contributed by atoms with Crippen LogP contribution < -0.4 is 5.73 Å². The predicted molar refractivity (Wildman–Crippen MR) is 58.0 cm³/mol. The number of nitrogens with two attached hydrogens (primary N) is 1. The zero-order valence-electron chi connectivity index (χ0n) is 9.26. The molecule has 0 aromatic carbocycles. The van der Waals surface area contributed by atoms with Crippen molar-refractivity contribution in [2.24, 2.45) is 11.8 Å². The Hall–Kier alpha value is -1.13. The third-order valence-electron chi connectivity index (χ3n) is 3.53. The standard InChI is InChI=1S/C10H19N5/c1-2-8-3-5-9(6-4-8)7-15-10(11)12-13-14-15/h8-9H,2-7H2,1H3,(H2,11,12,14). The van der Waals surface area contributed by atoms with Gasteiger partial charge < -0.3 is 5.73 Å². The van der Waals surface area contributed by atoms with Crippen molar-refractivity contribution in [1.82, 2.24) is 20.2 Å². The van der Waals surface area contributed by atoms with Crippen LogP contribution in [0.3, 0.4) is 0 Å². The van der Waals surface area contributed by atoms with Crippen LogP contribution in [0.15, 0.2) is 0 Å². The van der Waals surface area contributed by atoms with E-state index in [0.29, 0.717) is 11.9 Å². The fraction of sp³-hybridized carbons (Fsp3) is 0.900. The van der Waals surface area contributed by atoms with Gasteiger partial charge in [0.05, 0.1) is 0 Å². The predicted octanol–water partition coefficient (Wildman–Crippen LogP) is 1.47. The summed E-state index contributed by atoms with van der Waals surface area (Å²) in [7, 11) is 0. The first-order chi connectivity index (χ1) is 7.29. The summed E-state index contributed by atoms with van der Waals surface area (Å²) in [5.41, 5.74) is 5.64. The smallest absolute Gasteiger partial charge is 0.240 e. The number of nitrogen functional groups attached to an aromatic ring is 1. The quantitative estimate of drug-likeness (QED) is 0.818. The van der Waals surface area contributed by atoms with Crippen molar-refractivity contribution < 1.29 is 0 Å². The van der Waals surface area contributed by atoms with E-state index >= 15 is 0 Å².